The Balaban J connectivity index is 1.54. The normalized spacial score (nSPS) is 21.2. The summed E-state index contributed by atoms with van der Waals surface area (Å²) >= 11 is 0. The van der Waals surface area contributed by atoms with Crippen LogP contribution in [0.4, 0.5) is 5.69 Å². The molecule has 7 rings (SSSR count). The van der Waals surface area contributed by atoms with Crippen LogP contribution in [0.15, 0.2) is 102 Å². The van der Waals surface area contributed by atoms with E-state index in [1.165, 1.54) is 25.3 Å². The molecular weight excluding hydrogens is 534 g/mol. The fourth-order valence-electron chi connectivity index (χ4n) is 6.91. The number of nitro groups is 1. The Kier molecular flexibility index (Phi) is 5.65. The molecule has 0 N–H and O–H groups in total. The zero-order valence-electron chi connectivity index (χ0n) is 22.3. The van der Waals surface area contributed by atoms with Gasteiger partial charge in [-0.25, -0.2) is 0 Å². The van der Waals surface area contributed by atoms with Gasteiger partial charge in [-0.15, -0.1) is 0 Å². The summed E-state index contributed by atoms with van der Waals surface area (Å²) in [4.78, 5) is 55.3. The first-order chi connectivity index (χ1) is 20.4. The molecule has 1 saturated heterocycles. The number of rotatable bonds is 5. The van der Waals surface area contributed by atoms with E-state index in [2.05, 4.69) is 0 Å². The SMILES string of the molecule is COc1ccc(C(=O)C2C(c3cccc([N+](=O)[O-])c3)C3(C(=O)c4ccccc4C3=O)C3c4ccccc4C=NN23)cc1. The molecule has 1 spiro atoms. The number of ether oxygens (including phenoxy) is 1. The zero-order chi connectivity index (χ0) is 29.2. The minimum absolute atomic E-state index is 0.206. The average molecular weight is 558 g/mol. The van der Waals surface area contributed by atoms with Crippen LogP contribution in [0.2, 0.25) is 0 Å². The Labute approximate surface area is 240 Å². The van der Waals surface area contributed by atoms with Crippen LogP contribution < -0.4 is 4.74 Å². The van der Waals surface area contributed by atoms with Gasteiger partial charge in [-0.05, 0) is 41.0 Å². The summed E-state index contributed by atoms with van der Waals surface area (Å²) in [5.41, 5.74) is 0.601. The lowest BCUT2D eigenvalue weighted by molar-refractivity contribution is -0.384. The Morgan fingerprint density at radius 2 is 1.57 bits per heavy atom. The van der Waals surface area contributed by atoms with E-state index in [9.17, 15) is 24.5 Å². The molecule has 9 nitrogen and oxygen atoms in total. The molecule has 3 aliphatic rings. The van der Waals surface area contributed by atoms with Crippen LogP contribution in [-0.2, 0) is 0 Å². The van der Waals surface area contributed by atoms with Crippen LogP contribution in [0.25, 0.3) is 0 Å². The number of Topliss-reactive ketones (excluding diaryl/α,β-unsaturated/α-hetero) is 3. The summed E-state index contributed by atoms with van der Waals surface area (Å²) in [6.45, 7) is 0. The summed E-state index contributed by atoms with van der Waals surface area (Å²) < 4.78 is 5.27. The molecule has 42 heavy (non-hydrogen) atoms. The summed E-state index contributed by atoms with van der Waals surface area (Å²) in [6, 6.07) is 24.4. The maximum absolute atomic E-state index is 14.7. The van der Waals surface area contributed by atoms with Crippen molar-refractivity contribution < 1.29 is 24.0 Å². The van der Waals surface area contributed by atoms with Crippen LogP contribution >= 0.6 is 0 Å². The lowest BCUT2D eigenvalue weighted by Gasteiger charge is -2.36. The molecule has 2 heterocycles. The van der Waals surface area contributed by atoms with E-state index in [1.54, 1.807) is 65.8 Å². The van der Waals surface area contributed by atoms with Crippen molar-refractivity contribution in [2.45, 2.75) is 18.0 Å². The number of fused-ring (bicyclic) bond motifs is 5. The first kappa shape index (κ1) is 25.5. The van der Waals surface area contributed by atoms with Gasteiger partial charge >= 0.3 is 0 Å². The molecule has 206 valence electrons. The summed E-state index contributed by atoms with van der Waals surface area (Å²) in [6.07, 6.45) is 1.63. The third-order valence-electron chi connectivity index (χ3n) is 8.66. The van der Waals surface area contributed by atoms with Crippen molar-refractivity contribution in [3.63, 3.8) is 0 Å². The van der Waals surface area contributed by atoms with Crippen LogP contribution in [-0.4, -0.2) is 46.6 Å². The van der Waals surface area contributed by atoms with Gasteiger partial charge in [0.25, 0.3) is 5.69 Å². The average Bonchev–Trinajstić information content (AvgIpc) is 3.47. The molecule has 3 unspecified atom stereocenters. The molecule has 0 radical (unpaired) electrons. The molecule has 2 aliphatic heterocycles. The smallest absolute Gasteiger partial charge is 0.269 e. The van der Waals surface area contributed by atoms with E-state index < -0.39 is 39.9 Å². The van der Waals surface area contributed by atoms with E-state index >= 15 is 0 Å². The van der Waals surface area contributed by atoms with Gasteiger partial charge in [-0.3, -0.25) is 29.5 Å². The Hall–Kier alpha value is -5.44. The topological polar surface area (TPSA) is 119 Å². The number of carbonyl (C=O) groups is 3. The first-order valence-corrected chi connectivity index (χ1v) is 13.4. The zero-order valence-corrected chi connectivity index (χ0v) is 22.3. The van der Waals surface area contributed by atoms with Gasteiger partial charge in [0.15, 0.2) is 17.3 Å². The van der Waals surface area contributed by atoms with Gasteiger partial charge in [-0.1, -0.05) is 60.7 Å². The number of nitrogens with zero attached hydrogens (tertiary/aromatic N) is 3. The van der Waals surface area contributed by atoms with Crippen LogP contribution in [0.3, 0.4) is 0 Å². The fraction of sp³-hybridized carbons (Fsp3) is 0.152. The standard InChI is InChI=1S/C33H23N3O6/c1-42-23-15-13-19(14-16-23)29(37)28-27(20-8-6-9-22(17-20)36(40)41)33(31(38)25-11-4-5-12-26(25)32(33)39)30-24-10-3-2-7-21(24)18-34-35(28)30/h2-18,27-28,30H,1H3. The van der Waals surface area contributed by atoms with Crippen LogP contribution in [0, 0.1) is 15.5 Å². The summed E-state index contributed by atoms with van der Waals surface area (Å²) in [7, 11) is 1.52. The lowest BCUT2D eigenvalue weighted by Crippen LogP contribution is -2.43. The lowest BCUT2D eigenvalue weighted by atomic mass is 9.63. The maximum Gasteiger partial charge on any atom is 0.269 e. The molecule has 3 atom stereocenters. The number of non-ortho nitro benzene ring substituents is 1. The predicted octanol–water partition coefficient (Wildman–Crippen LogP) is 5.41. The number of benzene rings is 4. The van der Waals surface area contributed by atoms with E-state index in [0.717, 1.165) is 5.56 Å². The van der Waals surface area contributed by atoms with Gasteiger partial charge < -0.3 is 4.74 Å². The predicted molar refractivity (Wildman–Crippen MR) is 153 cm³/mol. The van der Waals surface area contributed by atoms with Crippen molar-refractivity contribution in [2.24, 2.45) is 10.5 Å². The number of ketones is 3. The molecule has 0 aromatic heterocycles. The Morgan fingerprint density at radius 3 is 2.24 bits per heavy atom. The van der Waals surface area contributed by atoms with Gasteiger partial charge in [0.1, 0.15) is 17.2 Å². The second-order valence-electron chi connectivity index (χ2n) is 10.6. The van der Waals surface area contributed by atoms with Gasteiger partial charge in [0, 0.05) is 34.7 Å². The fourth-order valence-corrected chi connectivity index (χ4v) is 6.91. The van der Waals surface area contributed by atoms with Crippen LogP contribution in [0.1, 0.15) is 59.7 Å². The Morgan fingerprint density at radius 1 is 0.905 bits per heavy atom. The number of carbonyl (C=O) groups excluding carboxylic acids is 3. The third-order valence-corrected chi connectivity index (χ3v) is 8.66. The van der Waals surface area contributed by atoms with E-state index in [4.69, 9.17) is 9.84 Å². The van der Waals surface area contributed by atoms with Gasteiger partial charge in [0.2, 0.25) is 0 Å². The quantitative estimate of drug-likeness (QED) is 0.139. The molecule has 0 bridgehead atoms. The highest BCUT2D eigenvalue weighted by Gasteiger charge is 2.72. The molecule has 0 saturated carbocycles. The molecular formula is C33H23N3O6. The molecule has 1 fully saturated rings. The second kappa shape index (κ2) is 9.31. The highest BCUT2D eigenvalue weighted by atomic mass is 16.6. The summed E-state index contributed by atoms with van der Waals surface area (Å²) in [5.74, 6) is -1.75. The third kappa shape index (κ3) is 3.36. The van der Waals surface area contributed by atoms with Crippen molar-refractivity contribution in [1.29, 1.82) is 0 Å². The Bertz CT molecular complexity index is 1810. The molecule has 4 aromatic carbocycles. The van der Waals surface area contributed by atoms with Crippen molar-refractivity contribution >= 4 is 29.3 Å². The van der Waals surface area contributed by atoms with Gasteiger partial charge in [0.05, 0.1) is 24.3 Å². The molecule has 0 amide bonds. The van der Waals surface area contributed by atoms with Crippen LogP contribution in [0.5, 0.6) is 5.75 Å². The van der Waals surface area contributed by atoms with E-state index in [-0.39, 0.29) is 22.6 Å². The minimum Gasteiger partial charge on any atom is -0.497 e. The first-order valence-electron chi connectivity index (χ1n) is 13.4. The molecule has 4 aromatic rings. The molecule has 9 heteroatoms. The molecule has 1 aliphatic carbocycles. The number of hydrazone groups is 1. The number of methoxy groups -OCH3 is 1. The van der Waals surface area contributed by atoms with Crippen molar-refractivity contribution in [3.05, 3.63) is 141 Å². The summed E-state index contributed by atoms with van der Waals surface area (Å²) in [5, 5.41) is 18.1. The van der Waals surface area contributed by atoms with E-state index in [1.807, 2.05) is 24.3 Å². The highest BCUT2D eigenvalue weighted by Crippen LogP contribution is 2.64. The van der Waals surface area contributed by atoms with Crippen molar-refractivity contribution in [3.8, 4) is 5.75 Å². The minimum atomic E-state index is -1.81. The highest BCUT2D eigenvalue weighted by molar-refractivity contribution is 6.31. The van der Waals surface area contributed by atoms with Crippen molar-refractivity contribution in [2.75, 3.05) is 7.11 Å². The largest absolute Gasteiger partial charge is 0.497 e. The number of hydrogen-bond donors (Lipinski definition) is 0. The second-order valence-corrected chi connectivity index (χ2v) is 10.6. The van der Waals surface area contributed by atoms with E-state index in [0.29, 0.717) is 22.4 Å². The maximum atomic E-state index is 14.7. The monoisotopic (exact) mass is 557 g/mol. The number of nitro benzene ring substituents is 1. The van der Waals surface area contributed by atoms with Gasteiger partial charge in [-0.2, -0.15) is 5.10 Å². The number of hydrogen-bond acceptors (Lipinski definition) is 8. The van der Waals surface area contributed by atoms with Crippen molar-refractivity contribution in [1.82, 2.24) is 5.01 Å².